The molecular weight excluding hydrogens is 421 g/mol. The van der Waals surface area contributed by atoms with E-state index < -0.39 is 5.91 Å². The summed E-state index contributed by atoms with van der Waals surface area (Å²) in [6.07, 6.45) is 0. The Morgan fingerprint density at radius 3 is 2.71 bits per heavy atom. The van der Waals surface area contributed by atoms with Crippen LogP contribution in [0.3, 0.4) is 0 Å². The van der Waals surface area contributed by atoms with Crippen LogP contribution in [-0.4, -0.2) is 24.8 Å². The standard InChI is InChI=1S/C18H13Cl2N5O2S/c1-8-6-9(2)25-17(21-8)23-18(28-25)22-16(26)14-10(3)27-24-15(14)12-5-4-11(19)7-13(12)20/h4-7H,1-3H3. The van der Waals surface area contributed by atoms with Crippen molar-refractivity contribution in [3.8, 4) is 11.3 Å². The highest BCUT2D eigenvalue weighted by Gasteiger charge is 2.23. The largest absolute Gasteiger partial charge is 0.360 e. The summed E-state index contributed by atoms with van der Waals surface area (Å²) in [5.41, 5.74) is 2.88. The van der Waals surface area contributed by atoms with Gasteiger partial charge in [0.15, 0.2) is 0 Å². The lowest BCUT2D eigenvalue weighted by atomic mass is 10.1. The number of rotatable bonds is 2. The van der Waals surface area contributed by atoms with Crippen LogP contribution >= 0.6 is 34.7 Å². The third kappa shape index (κ3) is 3.34. The number of carbonyl (C=O) groups excluding carboxylic acids is 1. The maximum absolute atomic E-state index is 12.9. The zero-order chi connectivity index (χ0) is 20.0. The minimum atomic E-state index is -0.520. The maximum Gasteiger partial charge on any atom is 0.285 e. The van der Waals surface area contributed by atoms with E-state index in [0.29, 0.717) is 37.6 Å². The lowest BCUT2D eigenvalue weighted by molar-refractivity contribution is 0.0997. The van der Waals surface area contributed by atoms with Gasteiger partial charge < -0.3 is 4.52 Å². The van der Waals surface area contributed by atoms with Crippen molar-refractivity contribution < 1.29 is 9.32 Å². The molecule has 4 rings (SSSR count). The summed E-state index contributed by atoms with van der Waals surface area (Å²) in [7, 11) is 0. The Hall–Kier alpha value is -2.55. The van der Waals surface area contributed by atoms with Crippen LogP contribution in [0.5, 0.6) is 0 Å². The number of hydrogen-bond donors (Lipinski definition) is 0. The maximum atomic E-state index is 12.9. The van der Waals surface area contributed by atoms with Crippen molar-refractivity contribution in [3.05, 3.63) is 61.8 Å². The molecule has 1 amide bonds. The molecule has 0 unspecified atom stereocenters. The Bertz CT molecular complexity index is 1310. The monoisotopic (exact) mass is 433 g/mol. The van der Waals surface area contributed by atoms with Gasteiger partial charge in [0.05, 0.1) is 5.02 Å². The predicted octanol–water partition coefficient (Wildman–Crippen LogP) is 4.42. The molecule has 0 radical (unpaired) electrons. The summed E-state index contributed by atoms with van der Waals surface area (Å²) >= 11 is 13.5. The second kappa shape index (κ2) is 7.12. The molecule has 0 fully saturated rings. The average molecular weight is 434 g/mol. The molecule has 1 aromatic carbocycles. The number of amides is 1. The molecule has 0 N–H and O–H groups in total. The highest BCUT2D eigenvalue weighted by molar-refractivity contribution is 7.03. The number of aromatic nitrogens is 4. The minimum Gasteiger partial charge on any atom is -0.360 e. The van der Waals surface area contributed by atoms with Crippen LogP contribution in [0.15, 0.2) is 33.8 Å². The van der Waals surface area contributed by atoms with Crippen molar-refractivity contribution in [2.75, 3.05) is 0 Å². The number of carbonyl (C=O) groups is 1. The summed E-state index contributed by atoms with van der Waals surface area (Å²) in [4.78, 5) is 26.0. The van der Waals surface area contributed by atoms with Gasteiger partial charge in [-0.3, -0.25) is 4.79 Å². The number of nitrogens with zero attached hydrogens (tertiary/aromatic N) is 5. The van der Waals surface area contributed by atoms with Gasteiger partial charge in [-0.2, -0.15) is 9.98 Å². The molecule has 0 bridgehead atoms. The van der Waals surface area contributed by atoms with E-state index in [1.165, 1.54) is 11.5 Å². The smallest absolute Gasteiger partial charge is 0.285 e. The number of aryl methyl sites for hydroxylation is 3. The van der Waals surface area contributed by atoms with E-state index in [0.717, 1.165) is 11.4 Å². The molecule has 0 aliphatic heterocycles. The Labute approximate surface area is 173 Å². The highest BCUT2D eigenvalue weighted by atomic mass is 35.5. The highest BCUT2D eigenvalue weighted by Crippen LogP contribution is 2.33. The first-order valence-corrected chi connectivity index (χ1v) is 9.71. The lowest BCUT2D eigenvalue weighted by Crippen LogP contribution is -2.06. The van der Waals surface area contributed by atoms with Gasteiger partial charge in [-0.1, -0.05) is 28.4 Å². The molecule has 3 aromatic heterocycles. The van der Waals surface area contributed by atoms with E-state index in [4.69, 9.17) is 27.7 Å². The van der Waals surface area contributed by atoms with E-state index in [-0.39, 0.29) is 5.56 Å². The second-order valence-electron chi connectivity index (χ2n) is 6.12. The molecule has 0 saturated carbocycles. The predicted molar refractivity (Wildman–Crippen MR) is 107 cm³/mol. The average Bonchev–Trinajstić information content (AvgIpc) is 3.18. The van der Waals surface area contributed by atoms with Gasteiger partial charge in [0.25, 0.3) is 5.91 Å². The fraction of sp³-hybridized carbons (Fsp3) is 0.167. The third-order valence-electron chi connectivity index (χ3n) is 4.02. The Morgan fingerprint density at radius 1 is 1.18 bits per heavy atom. The summed E-state index contributed by atoms with van der Waals surface area (Å²) < 4.78 is 7.05. The van der Waals surface area contributed by atoms with Gasteiger partial charge in [-0.15, -0.1) is 0 Å². The van der Waals surface area contributed by atoms with Crippen molar-refractivity contribution in [3.63, 3.8) is 0 Å². The number of benzene rings is 1. The Balaban J connectivity index is 1.82. The molecule has 10 heteroatoms. The van der Waals surface area contributed by atoms with Crippen LogP contribution in [0.2, 0.25) is 10.0 Å². The number of hydrogen-bond acceptors (Lipinski definition) is 6. The van der Waals surface area contributed by atoms with Gasteiger partial charge >= 0.3 is 0 Å². The van der Waals surface area contributed by atoms with Crippen molar-refractivity contribution in [2.24, 2.45) is 4.99 Å². The normalized spacial score (nSPS) is 12.1. The summed E-state index contributed by atoms with van der Waals surface area (Å²) in [5.74, 6) is 0.319. The fourth-order valence-electron chi connectivity index (χ4n) is 2.80. The van der Waals surface area contributed by atoms with Crippen LogP contribution in [0, 0.1) is 20.8 Å². The molecule has 0 atom stereocenters. The van der Waals surface area contributed by atoms with E-state index in [1.54, 1.807) is 25.1 Å². The SMILES string of the molecule is Cc1cc(C)n2sc(=NC(=O)c3c(-c4ccc(Cl)cc4Cl)noc3C)nc2n1. The van der Waals surface area contributed by atoms with Crippen LogP contribution in [0.4, 0.5) is 0 Å². The topological polar surface area (TPSA) is 85.7 Å². The first kappa shape index (κ1) is 18.8. The zero-order valence-corrected chi connectivity index (χ0v) is 17.4. The molecule has 4 aromatic rings. The van der Waals surface area contributed by atoms with E-state index in [2.05, 4.69) is 20.1 Å². The molecule has 0 spiro atoms. The van der Waals surface area contributed by atoms with Crippen molar-refractivity contribution in [1.29, 1.82) is 0 Å². The van der Waals surface area contributed by atoms with Crippen molar-refractivity contribution in [2.45, 2.75) is 20.8 Å². The summed E-state index contributed by atoms with van der Waals surface area (Å²) in [5, 5.41) is 4.83. The molecule has 7 nitrogen and oxygen atoms in total. The van der Waals surface area contributed by atoms with Gasteiger partial charge in [0.1, 0.15) is 17.0 Å². The zero-order valence-electron chi connectivity index (χ0n) is 15.0. The molecule has 0 aliphatic carbocycles. The fourth-order valence-corrected chi connectivity index (χ4v) is 4.07. The molecule has 28 heavy (non-hydrogen) atoms. The molecule has 0 saturated heterocycles. The van der Waals surface area contributed by atoms with Gasteiger partial charge in [0.2, 0.25) is 10.6 Å². The van der Waals surface area contributed by atoms with Crippen molar-refractivity contribution in [1.82, 2.24) is 18.9 Å². The van der Waals surface area contributed by atoms with Crippen molar-refractivity contribution >= 4 is 46.4 Å². The quantitative estimate of drug-likeness (QED) is 0.466. The van der Waals surface area contributed by atoms with Crippen LogP contribution in [-0.2, 0) is 0 Å². The minimum absolute atomic E-state index is 0.231. The van der Waals surface area contributed by atoms with E-state index in [9.17, 15) is 4.79 Å². The summed E-state index contributed by atoms with van der Waals surface area (Å²) in [6, 6.07) is 6.86. The lowest BCUT2D eigenvalue weighted by Gasteiger charge is -2.02. The third-order valence-corrected chi connectivity index (χ3v) is 5.55. The van der Waals surface area contributed by atoms with Crippen LogP contribution in [0.25, 0.3) is 17.0 Å². The van der Waals surface area contributed by atoms with E-state index in [1.807, 2.05) is 23.7 Å². The summed E-state index contributed by atoms with van der Waals surface area (Å²) in [6.45, 7) is 5.47. The van der Waals surface area contributed by atoms with Gasteiger partial charge in [-0.25, -0.2) is 8.77 Å². The Morgan fingerprint density at radius 2 is 1.96 bits per heavy atom. The number of fused-ring (bicyclic) bond motifs is 1. The van der Waals surface area contributed by atoms with Gasteiger partial charge in [0, 0.05) is 22.0 Å². The van der Waals surface area contributed by atoms with Gasteiger partial charge in [-0.05, 0) is 56.6 Å². The first-order valence-electron chi connectivity index (χ1n) is 8.18. The molecular formula is C18H13Cl2N5O2S. The van der Waals surface area contributed by atoms with Crippen LogP contribution < -0.4 is 4.80 Å². The van der Waals surface area contributed by atoms with Crippen LogP contribution in [0.1, 0.15) is 27.5 Å². The Kier molecular flexibility index (Phi) is 4.78. The molecule has 0 aliphatic rings. The molecule has 3 heterocycles. The second-order valence-corrected chi connectivity index (χ2v) is 7.88. The first-order chi connectivity index (χ1) is 13.3. The molecule has 142 valence electrons. The van der Waals surface area contributed by atoms with E-state index >= 15 is 0 Å². The number of halogens is 2.